The van der Waals surface area contributed by atoms with E-state index in [1.165, 1.54) is 17.0 Å². The summed E-state index contributed by atoms with van der Waals surface area (Å²) in [5, 5.41) is 0. The smallest absolute Gasteiger partial charge is 0.258 e. The maximum absolute atomic E-state index is 13.2. The van der Waals surface area contributed by atoms with Crippen LogP contribution < -0.4 is 10.6 Å². The van der Waals surface area contributed by atoms with E-state index >= 15 is 0 Å². The van der Waals surface area contributed by atoms with Gasteiger partial charge in [0.15, 0.2) is 0 Å². The predicted molar refractivity (Wildman–Crippen MR) is 73.5 cm³/mol. The van der Waals surface area contributed by atoms with Crippen LogP contribution in [0, 0.1) is 5.82 Å². The highest BCUT2D eigenvalue weighted by Gasteiger charge is 2.14. The van der Waals surface area contributed by atoms with Crippen molar-refractivity contribution in [2.24, 2.45) is 5.73 Å². The van der Waals surface area contributed by atoms with Crippen molar-refractivity contribution in [2.45, 2.75) is 6.54 Å². The van der Waals surface area contributed by atoms with Gasteiger partial charge in [-0.05, 0) is 35.9 Å². The molecule has 3 nitrogen and oxygen atoms in total. The van der Waals surface area contributed by atoms with Gasteiger partial charge in [0.2, 0.25) is 0 Å². The number of rotatable bonds is 3. The van der Waals surface area contributed by atoms with E-state index in [4.69, 9.17) is 5.73 Å². The first-order chi connectivity index (χ1) is 9.11. The molecule has 0 unspecified atom stereocenters. The first kappa shape index (κ1) is 13.2. The zero-order valence-electron chi connectivity index (χ0n) is 10.6. The number of benzene rings is 2. The van der Waals surface area contributed by atoms with Crippen molar-refractivity contribution < 1.29 is 9.18 Å². The van der Waals surface area contributed by atoms with Gasteiger partial charge in [0.1, 0.15) is 5.82 Å². The van der Waals surface area contributed by atoms with Crippen molar-refractivity contribution in [3.63, 3.8) is 0 Å². The summed E-state index contributed by atoms with van der Waals surface area (Å²) in [7, 11) is 1.62. The van der Waals surface area contributed by atoms with Crippen LogP contribution in [0.1, 0.15) is 15.9 Å². The largest absolute Gasteiger partial charge is 0.326 e. The summed E-state index contributed by atoms with van der Waals surface area (Å²) in [6.07, 6.45) is 0. The second-order valence-corrected chi connectivity index (χ2v) is 4.25. The van der Waals surface area contributed by atoms with E-state index < -0.39 is 0 Å². The lowest BCUT2D eigenvalue weighted by atomic mass is 10.1. The standard InChI is InChI=1S/C15H15FN2O/c1-18(14-7-3-6-13(16)9-14)15(19)12-5-2-4-11(8-12)10-17/h2-9H,10,17H2,1H3. The third kappa shape index (κ3) is 2.98. The van der Waals surface area contributed by atoms with Crippen LogP contribution in [0.2, 0.25) is 0 Å². The van der Waals surface area contributed by atoms with Crippen molar-refractivity contribution in [3.05, 3.63) is 65.5 Å². The number of amides is 1. The van der Waals surface area contributed by atoms with Crippen molar-refractivity contribution in [1.29, 1.82) is 0 Å². The molecule has 2 rings (SSSR count). The Morgan fingerprint density at radius 3 is 2.63 bits per heavy atom. The van der Waals surface area contributed by atoms with Crippen LogP contribution in [0.3, 0.4) is 0 Å². The Labute approximate surface area is 111 Å². The van der Waals surface area contributed by atoms with E-state index in [0.717, 1.165) is 5.56 Å². The Hall–Kier alpha value is -2.20. The van der Waals surface area contributed by atoms with Crippen LogP contribution in [0.5, 0.6) is 0 Å². The average Bonchev–Trinajstić information content (AvgIpc) is 2.45. The minimum absolute atomic E-state index is 0.194. The van der Waals surface area contributed by atoms with Crippen molar-refractivity contribution in [2.75, 3.05) is 11.9 Å². The molecule has 0 aliphatic rings. The highest BCUT2D eigenvalue weighted by atomic mass is 19.1. The number of anilines is 1. The van der Waals surface area contributed by atoms with Gasteiger partial charge in [-0.2, -0.15) is 0 Å². The first-order valence-corrected chi connectivity index (χ1v) is 5.94. The maximum atomic E-state index is 13.2. The molecule has 1 amide bonds. The molecule has 0 fully saturated rings. The van der Waals surface area contributed by atoms with Gasteiger partial charge in [0.05, 0.1) is 0 Å². The molecule has 0 aromatic heterocycles. The van der Waals surface area contributed by atoms with Crippen molar-refractivity contribution >= 4 is 11.6 Å². The van der Waals surface area contributed by atoms with Gasteiger partial charge >= 0.3 is 0 Å². The number of nitrogens with two attached hydrogens (primary N) is 1. The SMILES string of the molecule is CN(C(=O)c1cccc(CN)c1)c1cccc(F)c1. The summed E-state index contributed by atoms with van der Waals surface area (Å²) in [5.41, 5.74) is 7.49. The number of nitrogens with zero attached hydrogens (tertiary/aromatic N) is 1. The minimum atomic E-state index is -0.368. The number of halogens is 1. The Kier molecular flexibility index (Phi) is 3.92. The van der Waals surface area contributed by atoms with Gasteiger partial charge in [-0.3, -0.25) is 4.79 Å². The third-order valence-electron chi connectivity index (χ3n) is 2.91. The Bertz CT molecular complexity index is 598. The van der Waals surface area contributed by atoms with E-state index in [9.17, 15) is 9.18 Å². The van der Waals surface area contributed by atoms with Crippen LogP contribution >= 0.6 is 0 Å². The topological polar surface area (TPSA) is 46.3 Å². The quantitative estimate of drug-likeness (QED) is 0.919. The molecule has 0 heterocycles. The normalized spacial score (nSPS) is 10.3. The molecule has 2 N–H and O–H groups in total. The molecular formula is C15H15FN2O. The summed E-state index contributed by atoms with van der Waals surface area (Å²) in [6.45, 7) is 0.380. The van der Waals surface area contributed by atoms with Crippen LogP contribution in [0.4, 0.5) is 10.1 Å². The fraction of sp³-hybridized carbons (Fsp3) is 0.133. The summed E-state index contributed by atoms with van der Waals surface area (Å²) in [6, 6.07) is 13.0. The number of hydrogen-bond donors (Lipinski definition) is 1. The zero-order chi connectivity index (χ0) is 13.8. The fourth-order valence-electron chi connectivity index (χ4n) is 1.83. The lowest BCUT2D eigenvalue weighted by Crippen LogP contribution is -2.26. The van der Waals surface area contributed by atoms with Crippen molar-refractivity contribution in [3.8, 4) is 0 Å². The summed E-state index contributed by atoms with van der Waals surface area (Å²) in [5.74, 6) is -0.561. The second-order valence-electron chi connectivity index (χ2n) is 4.25. The molecule has 0 spiro atoms. The molecule has 19 heavy (non-hydrogen) atoms. The van der Waals surface area contributed by atoms with Crippen LogP contribution in [-0.4, -0.2) is 13.0 Å². The van der Waals surface area contributed by atoms with E-state index in [1.807, 2.05) is 6.07 Å². The van der Waals surface area contributed by atoms with Crippen LogP contribution in [0.25, 0.3) is 0 Å². The molecule has 0 bridgehead atoms. The molecule has 2 aromatic rings. The van der Waals surface area contributed by atoms with E-state index in [1.54, 1.807) is 37.4 Å². The summed E-state index contributed by atoms with van der Waals surface area (Å²) in [4.78, 5) is 13.7. The lowest BCUT2D eigenvalue weighted by molar-refractivity contribution is 0.0993. The Morgan fingerprint density at radius 2 is 1.95 bits per heavy atom. The third-order valence-corrected chi connectivity index (χ3v) is 2.91. The fourth-order valence-corrected chi connectivity index (χ4v) is 1.83. The summed E-state index contributed by atoms with van der Waals surface area (Å²) >= 11 is 0. The molecule has 0 aliphatic heterocycles. The molecular weight excluding hydrogens is 243 g/mol. The van der Waals surface area contributed by atoms with Crippen molar-refractivity contribution in [1.82, 2.24) is 0 Å². The number of carbonyl (C=O) groups excluding carboxylic acids is 1. The highest BCUT2D eigenvalue weighted by Crippen LogP contribution is 2.17. The predicted octanol–water partition coefficient (Wildman–Crippen LogP) is 2.56. The van der Waals surface area contributed by atoms with E-state index in [-0.39, 0.29) is 11.7 Å². The molecule has 0 aliphatic carbocycles. The molecule has 4 heteroatoms. The van der Waals surface area contributed by atoms with Gasteiger partial charge in [-0.15, -0.1) is 0 Å². The van der Waals surface area contributed by atoms with E-state index in [2.05, 4.69) is 0 Å². The molecule has 0 atom stereocenters. The van der Waals surface area contributed by atoms with Gasteiger partial charge in [0.25, 0.3) is 5.91 Å². The van der Waals surface area contributed by atoms with E-state index in [0.29, 0.717) is 17.8 Å². The monoisotopic (exact) mass is 258 g/mol. The Morgan fingerprint density at radius 1 is 1.21 bits per heavy atom. The minimum Gasteiger partial charge on any atom is -0.326 e. The van der Waals surface area contributed by atoms with Gasteiger partial charge in [0, 0.05) is 24.8 Å². The van der Waals surface area contributed by atoms with Crippen LogP contribution in [-0.2, 0) is 6.54 Å². The molecule has 98 valence electrons. The number of carbonyl (C=O) groups is 1. The average molecular weight is 258 g/mol. The number of hydrogen-bond acceptors (Lipinski definition) is 2. The summed E-state index contributed by atoms with van der Waals surface area (Å²) < 4.78 is 13.2. The van der Waals surface area contributed by atoms with Gasteiger partial charge in [-0.25, -0.2) is 4.39 Å². The zero-order valence-corrected chi connectivity index (χ0v) is 10.6. The highest BCUT2D eigenvalue weighted by molar-refractivity contribution is 6.05. The van der Waals surface area contributed by atoms with Gasteiger partial charge in [-0.1, -0.05) is 18.2 Å². The second kappa shape index (κ2) is 5.63. The Balaban J connectivity index is 2.28. The first-order valence-electron chi connectivity index (χ1n) is 5.94. The molecule has 0 saturated heterocycles. The van der Waals surface area contributed by atoms with Gasteiger partial charge < -0.3 is 10.6 Å². The lowest BCUT2D eigenvalue weighted by Gasteiger charge is -2.17. The maximum Gasteiger partial charge on any atom is 0.258 e. The molecule has 0 saturated carbocycles. The van der Waals surface area contributed by atoms with Crippen LogP contribution in [0.15, 0.2) is 48.5 Å². The molecule has 2 aromatic carbocycles. The molecule has 0 radical (unpaired) electrons.